The second kappa shape index (κ2) is 3.84. The van der Waals surface area contributed by atoms with E-state index in [1.807, 2.05) is 0 Å². The molecule has 13 heavy (non-hydrogen) atoms. The summed E-state index contributed by atoms with van der Waals surface area (Å²) in [6, 6.07) is 3.39. The average Bonchev–Trinajstić information content (AvgIpc) is 2.31. The van der Waals surface area contributed by atoms with Crippen molar-refractivity contribution >= 4 is 32.8 Å². The summed E-state index contributed by atoms with van der Waals surface area (Å²) in [5, 5.41) is 0. The first-order chi connectivity index (χ1) is 5.88. The van der Waals surface area contributed by atoms with Crippen molar-refractivity contribution < 1.29 is 13.2 Å². The van der Waals surface area contributed by atoms with Gasteiger partial charge in [-0.1, -0.05) is 0 Å². The largest absolute Gasteiger partial charge is 0.410 e. The molecule has 0 aromatic carbocycles. The summed E-state index contributed by atoms with van der Waals surface area (Å²) in [6.45, 7) is 1.45. The molecule has 0 bridgehead atoms. The highest BCUT2D eigenvalue weighted by Gasteiger charge is 2.23. The van der Waals surface area contributed by atoms with Crippen molar-refractivity contribution in [2.75, 3.05) is 0 Å². The predicted molar refractivity (Wildman–Crippen MR) is 51.7 cm³/mol. The molecule has 0 saturated carbocycles. The third-order valence-corrected chi connectivity index (χ3v) is 3.10. The zero-order valence-corrected chi connectivity index (χ0v) is 9.05. The van der Waals surface area contributed by atoms with Crippen LogP contribution in [0.4, 0.5) is 13.2 Å². The molecule has 5 heteroatoms. The Morgan fingerprint density at radius 3 is 2.46 bits per heavy atom. The van der Waals surface area contributed by atoms with Crippen LogP contribution in [0.3, 0.4) is 0 Å². The molecule has 0 atom stereocenters. The van der Waals surface area contributed by atoms with E-state index in [0.29, 0.717) is 11.0 Å². The summed E-state index contributed by atoms with van der Waals surface area (Å²) in [6.07, 6.45) is -3.92. The predicted octanol–water partition coefficient (Wildman–Crippen LogP) is 4.48. The molecule has 1 aromatic heterocycles. The number of hydrogen-bond donors (Lipinski definition) is 0. The van der Waals surface area contributed by atoms with Crippen molar-refractivity contribution in [2.24, 2.45) is 0 Å². The van der Waals surface area contributed by atoms with Crippen molar-refractivity contribution in [1.29, 1.82) is 0 Å². The summed E-state index contributed by atoms with van der Waals surface area (Å²) in [7, 11) is 0. The minimum atomic E-state index is -4.24. The molecule has 72 valence electrons. The summed E-state index contributed by atoms with van der Waals surface area (Å²) in [5.74, 6) is 0. The van der Waals surface area contributed by atoms with E-state index in [-0.39, 0.29) is 5.57 Å². The highest BCUT2D eigenvalue weighted by atomic mass is 79.9. The first-order valence-electron chi connectivity index (χ1n) is 3.40. The van der Waals surface area contributed by atoms with E-state index < -0.39 is 6.18 Å². The van der Waals surface area contributed by atoms with Crippen LogP contribution in [0.1, 0.15) is 11.8 Å². The van der Waals surface area contributed by atoms with Crippen LogP contribution in [0.5, 0.6) is 0 Å². The van der Waals surface area contributed by atoms with Crippen molar-refractivity contribution in [3.63, 3.8) is 0 Å². The maximum atomic E-state index is 11.9. The normalized spacial score (nSPS) is 13.5. The summed E-state index contributed by atoms with van der Waals surface area (Å²) in [5.41, 5.74) is 0.239. The number of hydrogen-bond acceptors (Lipinski definition) is 1. The molecule has 0 spiro atoms. The molecule has 1 heterocycles. The molecular weight excluding hydrogens is 265 g/mol. The summed E-state index contributed by atoms with van der Waals surface area (Å²) < 4.78 is 36.6. The van der Waals surface area contributed by atoms with Crippen molar-refractivity contribution in [3.05, 3.63) is 26.9 Å². The lowest BCUT2D eigenvalue weighted by molar-refractivity contribution is -0.0793. The van der Waals surface area contributed by atoms with Crippen LogP contribution >= 0.6 is 27.3 Å². The molecular formula is C8H6BrF3S. The van der Waals surface area contributed by atoms with E-state index in [0.717, 1.165) is 3.79 Å². The Morgan fingerprint density at radius 2 is 2.08 bits per heavy atom. The highest BCUT2D eigenvalue weighted by molar-refractivity contribution is 9.11. The topological polar surface area (TPSA) is 0 Å². The van der Waals surface area contributed by atoms with Crippen LogP contribution in [-0.2, 0) is 0 Å². The van der Waals surface area contributed by atoms with Crippen LogP contribution in [0.2, 0.25) is 0 Å². The molecule has 1 aromatic rings. The lowest BCUT2D eigenvalue weighted by Crippen LogP contribution is -2.01. The van der Waals surface area contributed by atoms with Crippen molar-refractivity contribution in [3.8, 4) is 0 Å². The van der Waals surface area contributed by atoms with Gasteiger partial charge in [-0.05, 0) is 40.6 Å². The molecule has 0 unspecified atom stereocenters. The van der Waals surface area contributed by atoms with E-state index in [1.54, 1.807) is 12.1 Å². The van der Waals surface area contributed by atoms with Gasteiger partial charge in [0.2, 0.25) is 0 Å². The molecule has 0 aliphatic rings. The number of halogens is 4. The van der Waals surface area contributed by atoms with Crippen LogP contribution in [-0.4, -0.2) is 6.18 Å². The Bertz CT molecular complexity index is 324. The number of rotatable bonds is 1. The van der Waals surface area contributed by atoms with E-state index in [9.17, 15) is 13.2 Å². The third kappa shape index (κ3) is 3.52. The first kappa shape index (κ1) is 10.8. The molecule has 0 amide bonds. The maximum Gasteiger partial charge on any atom is 0.410 e. The van der Waals surface area contributed by atoms with Gasteiger partial charge in [-0.15, -0.1) is 11.3 Å². The monoisotopic (exact) mass is 270 g/mol. The third-order valence-electron chi connectivity index (χ3n) is 1.34. The van der Waals surface area contributed by atoms with Crippen LogP contribution in [0.25, 0.3) is 5.57 Å². The van der Waals surface area contributed by atoms with Gasteiger partial charge in [0.05, 0.1) is 3.79 Å². The summed E-state index contributed by atoms with van der Waals surface area (Å²) in [4.78, 5) is 0.629. The number of allylic oxidation sites excluding steroid dienone is 2. The standard InChI is InChI=1S/C8H6BrF3S/c1-5(4-8(10,11)12)6-2-3-7(9)13-6/h2-4H,1H3/b5-4+. The van der Waals surface area contributed by atoms with Gasteiger partial charge in [0.15, 0.2) is 0 Å². The Labute approximate surface area is 86.2 Å². The zero-order chi connectivity index (χ0) is 10.1. The van der Waals surface area contributed by atoms with Gasteiger partial charge in [-0.3, -0.25) is 0 Å². The van der Waals surface area contributed by atoms with Crippen molar-refractivity contribution in [2.45, 2.75) is 13.1 Å². The van der Waals surface area contributed by atoms with Gasteiger partial charge in [-0.25, -0.2) is 0 Å². The van der Waals surface area contributed by atoms with E-state index in [1.165, 1.54) is 18.3 Å². The van der Waals surface area contributed by atoms with E-state index in [4.69, 9.17) is 0 Å². The molecule has 0 aliphatic carbocycles. The van der Waals surface area contributed by atoms with E-state index >= 15 is 0 Å². The van der Waals surface area contributed by atoms with Gasteiger partial charge in [0.1, 0.15) is 0 Å². The smallest absolute Gasteiger partial charge is 0.167 e. The fraction of sp³-hybridized carbons (Fsp3) is 0.250. The lowest BCUT2D eigenvalue weighted by atomic mass is 10.2. The molecule has 0 radical (unpaired) electrons. The first-order valence-corrected chi connectivity index (χ1v) is 5.01. The summed E-state index contributed by atoms with van der Waals surface area (Å²) >= 11 is 4.48. The Kier molecular flexibility index (Phi) is 3.18. The minimum absolute atomic E-state index is 0.239. The van der Waals surface area contributed by atoms with Gasteiger partial charge in [0, 0.05) is 11.0 Å². The van der Waals surface area contributed by atoms with Gasteiger partial charge in [0.25, 0.3) is 0 Å². The fourth-order valence-corrected chi connectivity index (χ4v) is 2.20. The van der Waals surface area contributed by atoms with Gasteiger partial charge < -0.3 is 0 Å². The second-order valence-corrected chi connectivity index (χ2v) is 4.94. The molecule has 0 fully saturated rings. The van der Waals surface area contributed by atoms with Crippen LogP contribution < -0.4 is 0 Å². The fourth-order valence-electron chi connectivity index (χ4n) is 0.843. The Morgan fingerprint density at radius 1 is 1.46 bits per heavy atom. The quantitative estimate of drug-likeness (QED) is 0.706. The molecule has 0 saturated heterocycles. The van der Waals surface area contributed by atoms with E-state index in [2.05, 4.69) is 15.9 Å². The zero-order valence-electron chi connectivity index (χ0n) is 6.65. The maximum absolute atomic E-state index is 11.9. The molecule has 0 N–H and O–H groups in total. The van der Waals surface area contributed by atoms with Crippen LogP contribution in [0, 0.1) is 0 Å². The lowest BCUT2D eigenvalue weighted by Gasteiger charge is -2.01. The SMILES string of the molecule is C/C(=C\C(F)(F)F)c1ccc(Br)s1. The molecule has 0 nitrogen and oxygen atoms in total. The minimum Gasteiger partial charge on any atom is -0.167 e. The average molecular weight is 271 g/mol. The number of thiophene rings is 1. The molecule has 1 rings (SSSR count). The molecule has 0 aliphatic heterocycles. The van der Waals surface area contributed by atoms with Gasteiger partial charge in [-0.2, -0.15) is 13.2 Å². The van der Waals surface area contributed by atoms with Crippen molar-refractivity contribution in [1.82, 2.24) is 0 Å². The number of alkyl halides is 3. The Hall–Kier alpha value is -0.290. The second-order valence-electron chi connectivity index (χ2n) is 2.47. The highest BCUT2D eigenvalue weighted by Crippen LogP contribution is 2.30. The van der Waals surface area contributed by atoms with Crippen LogP contribution in [0.15, 0.2) is 22.0 Å². The Balaban J connectivity index is 2.91. The van der Waals surface area contributed by atoms with Gasteiger partial charge >= 0.3 is 6.18 Å².